The summed E-state index contributed by atoms with van der Waals surface area (Å²) in [6.45, 7) is 2.00. The van der Waals surface area contributed by atoms with E-state index >= 15 is 0 Å². The molecule has 1 saturated carbocycles. The maximum atomic E-state index is 11.6. The molecule has 1 N–H and O–H groups in total. The molecule has 0 heterocycles. The standard InChI is InChI=1S/C7H15O4P/c1-5-4-6(5)7(8)12(9,10-2)11-3/h5-8H,4H2,1-3H3/t5-,6-,7?/m0/s1. The van der Waals surface area contributed by atoms with E-state index in [1.165, 1.54) is 14.2 Å². The third-order valence-electron chi connectivity index (χ3n) is 2.39. The second-order valence-corrected chi connectivity index (χ2v) is 5.53. The summed E-state index contributed by atoms with van der Waals surface area (Å²) in [6.07, 6.45) is 0.901. The van der Waals surface area contributed by atoms with Crippen molar-refractivity contribution < 1.29 is 18.7 Å². The van der Waals surface area contributed by atoms with Crippen LogP contribution in [0.1, 0.15) is 13.3 Å². The van der Waals surface area contributed by atoms with E-state index in [0.29, 0.717) is 5.92 Å². The molecule has 0 amide bonds. The molecular weight excluding hydrogens is 179 g/mol. The van der Waals surface area contributed by atoms with Crippen molar-refractivity contribution in [3.63, 3.8) is 0 Å². The van der Waals surface area contributed by atoms with Crippen molar-refractivity contribution in [2.24, 2.45) is 11.8 Å². The zero-order valence-corrected chi connectivity index (χ0v) is 8.45. The Balaban J connectivity index is 2.60. The van der Waals surface area contributed by atoms with Crippen molar-refractivity contribution in [1.82, 2.24) is 0 Å². The first kappa shape index (κ1) is 10.2. The lowest BCUT2D eigenvalue weighted by molar-refractivity contribution is 0.155. The Labute approximate surface area is 72.4 Å². The van der Waals surface area contributed by atoms with E-state index < -0.39 is 13.4 Å². The van der Waals surface area contributed by atoms with Crippen LogP contribution >= 0.6 is 7.60 Å². The quantitative estimate of drug-likeness (QED) is 0.688. The van der Waals surface area contributed by atoms with Gasteiger partial charge in [-0.2, -0.15) is 0 Å². The van der Waals surface area contributed by atoms with Crippen molar-refractivity contribution >= 4 is 7.60 Å². The van der Waals surface area contributed by atoms with Gasteiger partial charge in [0.05, 0.1) is 0 Å². The molecule has 1 unspecified atom stereocenters. The minimum atomic E-state index is -3.25. The van der Waals surface area contributed by atoms with Crippen LogP contribution in [0.25, 0.3) is 0 Å². The van der Waals surface area contributed by atoms with E-state index in [1.54, 1.807) is 0 Å². The first-order chi connectivity index (χ1) is 5.55. The van der Waals surface area contributed by atoms with Crippen LogP contribution in [-0.2, 0) is 13.6 Å². The van der Waals surface area contributed by atoms with Gasteiger partial charge in [0, 0.05) is 14.2 Å². The van der Waals surface area contributed by atoms with Crippen LogP contribution in [0.15, 0.2) is 0 Å². The Morgan fingerprint density at radius 1 is 1.50 bits per heavy atom. The summed E-state index contributed by atoms with van der Waals surface area (Å²) >= 11 is 0. The predicted octanol–water partition coefficient (Wildman–Crippen LogP) is 1.45. The van der Waals surface area contributed by atoms with Gasteiger partial charge in [0.25, 0.3) is 0 Å². The van der Waals surface area contributed by atoms with Gasteiger partial charge in [-0.05, 0) is 18.3 Å². The molecule has 4 nitrogen and oxygen atoms in total. The monoisotopic (exact) mass is 194 g/mol. The van der Waals surface area contributed by atoms with Gasteiger partial charge in [-0.25, -0.2) is 0 Å². The fourth-order valence-corrected chi connectivity index (χ4v) is 2.76. The molecule has 0 spiro atoms. The maximum Gasteiger partial charge on any atom is 0.358 e. The molecule has 0 aromatic heterocycles. The second kappa shape index (κ2) is 3.46. The molecule has 12 heavy (non-hydrogen) atoms. The summed E-state index contributed by atoms with van der Waals surface area (Å²) in [6, 6.07) is 0. The lowest BCUT2D eigenvalue weighted by Crippen LogP contribution is -2.13. The zero-order valence-electron chi connectivity index (χ0n) is 7.56. The van der Waals surface area contributed by atoms with Gasteiger partial charge < -0.3 is 14.2 Å². The van der Waals surface area contributed by atoms with E-state index in [4.69, 9.17) is 0 Å². The minimum Gasteiger partial charge on any atom is -0.380 e. The third kappa shape index (κ3) is 1.72. The Morgan fingerprint density at radius 3 is 2.17 bits per heavy atom. The van der Waals surface area contributed by atoms with Crippen LogP contribution in [0.3, 0.4) is 0 Å². The summed E-state index contributed by atoms with van der Waals surface area (Å²) in [4.78, 5) is 0. The third-order valence-corrected chi connectivity index (χ3v) is 4.44. The van der Waals surface area contributed by atoms with Crippen LogP contribution < -0.4 is 0 Å². The van der Waals surface area contributed by atoms with Crippen LogP contribution in [0.2, 0.25) is 0 Å². The van der Waals surface area contributed by atoms with Gasteiger partial charge in [0.15, 0.2) is 5.85 Å². The molecule has 1 aliphatic carbocycles. The summed E-state index contributed by atoms with van der Waals surface area (Å²) in [5, 5.41) is 9.57. The van der Waals surface area contributed by atoms with Crippen LogP contribution in [0.5, 0.6) is 0 Å². The van der Waals surface area contributed by atoms with Crippen molar-refractivity contribution in [2.45, 2.75) is 19.2 Å². The molecule has 72 valence electrons. The van der Waals surface area contributed by atoms with Gasteiger partial charge >= 0.3 is 7.60 Å². The first-order valence-corrected chi connectivity index (χ1v) is 5.55. The van der Waals surface area contributed by atoms with E-state index in [1.807, 2.05) is 6.92 Å². The van der Waals surface area contributed by atoms with Crippen molar-refractivity contribution in [3.05, 3.63) is 0 Å². The number of aliphatic hydroxyl groups is 1. The molecule has 0 aromatic rings. The van der Waals surface area contributed by atoms with Crippen LogP contribution in [0, 0.1) is 11.8 Å². The first-order valence-electron chi connectivity index (χ1n) is 3.94. The molecule has 1 fully saturated rings. The van der Waals surface area contributed by atoms with Gasteiger partial charge in [-0.1, -0.05) is 6.92 Å². The summed E-state index contributed by atoms with van der Waals surface area (Å²) in [5.41, 5.74) is 0. The summed E-state index contributed by atoms with van der Waals surface area (Å²) in [5.74, 6) is -0.447. The molecule has 3 atom stereocenters. The molecule has 0 aliphatic heterocycles. The fraction of sp³-hybridized carbons (Fsp3) is 1.00. The van der Waals surface area contributed by atoms with Crippen LogP contribution in [-0.4, -0.2) is 25.2 Å². The van der Waals surface area contributed by atoms with E-state index in [0.717, 1.165) is 6.42 Å². The Bertz CT molecular complexity index is 198. The molecular formula is C7H15O4P. The normalized spacial score (nSPS) is 31.7. The SMILES string of the molecule is COP(=O)(OC)C(O)[C@H]1C[C@@H]1C. The van der Waals surface area contributed by atoms with Crippen LogP contribution in [0.4, 0.5) is 0 Å². The number of hydrogen-bond donors (Lipinski definition) is 1. The lowest BCUT2D eigenvalue weighted by Gasteiger charge is -2.19. The average molecular weight is 194 g/mol. The molecule has 0 bridgehead atoms. The maximum absolute atomic E-state index is 11.6. The number of rotatable bonds is 4. The Morgan fingerprint density at radius 2 is 1.92 bits per heavy atom. The van der Waals surface area contributed by atoms with Crippen molar-refractivity contribution in [3.8, 4) is 0 Å². The van der Waals surface area contributed by atoms with E-state index in [-0.39, 0.29) is 5.92 Å². The number of hydrogen-bond acceptors (Lipinski definition) is 4. The number of aliphatic hydroxyl groups excluding tert-OH is 1. The predicted molar refractivity (Wildman–Crippen MR) is 44.9 cm³/mol. The average Bonchev–Trinajstić information content (AvgIpc) is 2.80. The summed E-state index contributed by atoms with van der Waals surface area (Å²) < 4.78 is 20.9. The molecule has 0 radical (unpaired) electrons. The minimum absolute atomic E-state index is 0.0794. The fourth-order valence-electron chi connectivity index (χ4n) is 1.29. The molecule has 5 heteroatoms. The van der Waals surface area contributed by atoms with Gasteiger partial charge in [0.2, 0.25) is 0 Å². The Hall–Kier alpha value is 0.110. The van der Waals surface area contributed by atoms with E-state index in [9.17, 15) is 9.67 Å². The van der Waals surface area contributed by atoms with Gasteiger partial charge in [0.1, 0.15) is 0 Å². The molecule has 0 saturated heterocycles. The zero-order chi connectivity index (χ0) is 9.35. The van der Waals surface area contributed by atoms with Gasteiger partial charge in [-0.15, -0.1) is 0 Å². The molecule has 0 aromatic carbocycles. The largest absolute Gasteiger partial charge is 0.380 e. The highest BCUT2D eigenvalue weighted by Crippen LogP contribution is 2.59. The lowest BCUT2D eigenvalue weighted by atomic mass is 10.4. The second-order valence-electron chi connectivity index (χ2n) is 3.20. The molecule has 1 rings (SSSR count). The highest BCUT2D eigenvalue weighted by atomic mass is 31.2. The smallest absolute Gasteiger partial charge is 0.358 e. The van der Waals surface area contributed by atoms with Gasteiger partial charge in [-0.3, -0.25) is 4.57 Å². The Kier molecular flexibility index (Phi) is 2.94. The highest BCUT2D eigenvalue weighted by molar-refractivity contribution is 7.54. The van der Waals surface area contributed by atoms with E-state index in [2.05, 4.69) is 9.05 Å². The molecule has 1 aliphatic rings. The highest BCUT2D eigenvalue weighted by Gasteiger charge is 2.48. The van der Waals surface area contributed by atoms with Crippen molar-refractivity contribution in [1.29, 1.82) is 0 Å². The topological polar surface area (TPSA) is 55.8 Å². The van der Waals surface area contributed by atoms with Crippen molar-refractivity contribution in [2.75, 3.05) is 14.2 Å². The summed E-state index contributed by atoms with van der Waals surface area (Å²) in [7, 11) is -0.663.